The van der Waals surface area contributed by atoms with E-state index in [1.165, 1.54) is 0 Å². The zero-order valence-electron chi connectivity index (χ0n) is 10.5. The van der Waals surface area contributed by atoms with Crippen molar-refractivity contribution >= 4 is 17.3 Å². The van der Waals surface area contributed by atoms with Crippen molar-refractivity contribution in [3.63, 3.8) is 0 Å². The van der Waals surface area contributed by atoms with E-state index in [-0.39, 0.29) is 6.42 Å². The fraction of sp³-hybridized carbons (Fsp3) is 0.417. The molecule has 18 heavy (non-hydrogen) atoms. The maximum Gasteiger partial charge on any atom is 0.303 e. The molecular formula is C12H16N4O2. The summed E-state index contributed by atoms with van der Waals surface area (Å²) < 4.78 is 1.78. The van der Waals surface area contributed by atoms with Gasteiger partial charge in [0.2, 0.25) is 0 Å². The van der Waals surface area contributed by atoms with Gasteiger partial charge in [-0.1, -0.05) is 0 Å². The second-order valence-electron chi connectivity index (χ2n) is 4.29. The Morgan fingerprint density at radius 2 is 2.33 bits per heavy atom. The monoisotopic (exact) mass is 248 g/mol. The highest BCUT2D eigenvalue weighted by Gasteiger charge is 2.10. The highest BCUT2D eigenvalue weighted by molar-refractivity contribution is 5.69. The van der Waals surface area contributed by atoms with Crippen LogP contribution >= 0.6 is 0 Å². The maximum absolute atomic E-state index is 10.5. The molecule has 2 aromatic rings. The van der Waals surface area contributed by atoms with Crippen LogP contribution in [0.1, 0.15) is 18.5 Å². The number of carboxylic acids is 1. The number of hydrogen-bond donors (Lipinski definition) is 1. The fourth-order valence-electron chi connectivity index (χ4n) is 1.90. The molecule has 0 bridgehead atoms. The summed E-state index contributed by atoms with van der Waals surface area (Å²) in [4.78, 5) is 16.8. The molecule has 0 unspecified atom stereocenters. The van der Waals surface area contributed by atoms with Crippen LogP contribution in [0.5, 0.6) is 0 Å². The van der Waals surface area contributed by atoms with E-state index in [0.29, 0.717) is 13.0 Å². The number of carboxylic acid groups (broad SMARTS) is 1. The van der Waals surface area contributed by atoms with Gasteiger partial charge in [-0.05, 0) is 19.4 Å². The molecule has 96 valence electrons. The average molecular weight is 248 g/mol. The molecule has 0 radical (unpaired) electrons. The number of fused-ring (bicyclic) bond motifs is 1. The molecule has 0 amide bonds. The van der Waals surface area contributed by atoms with Crippen LogP contribution in [0.2, 0.25) is 0 Å². The third-order valence-electron chi connectivity index (χ3n) is 2.74. The molecule has 0 saturated carbocycles. The zero-order valence-corrected chi connectivity index (χ0v) is 10.5. The van der Waals surface area contributed by atoms with Crippen molar-refractivity contribution in [3.8, 4) is 0 Å². The summed E-state index contributed by atoms with van der Waals surface area (Å²) in [6.07, 6.45) is 4.27. The predicted octanol–water partition coefficient (Wildman–Crippen LogP) is 1.34. The Morgan fingerprint density at radius 1 is 1.56 bits per heavy atom. The van der Waals surface area contributed by atoms with Gasteiger partial charge in [-0.25, -0.2) is 9.50 Å². The molecule has 0 aliphatic rings. The molecule has 0 aliphatic heterocycles. The Hall–Kier alpha value is -2.11. The molecule has 0 saturated heterocycles. The van der Waals surface area contributed by atoms with Crippen LogP contribution in [-0.4, -0.2) is 39.3 Å². The molecule has 2 heterocycles. The summed E-state index contributed by atoms with van der Waals surface area (Å²) in [5.74, 6) is 0.0539. The predicted molar refractivity (Wildman–Crippen MR) is 67.9 cm³/mol. The second kappa shape index (κ2) is 5.03. The van der Waals surface area contributed by atoms with Crippen LogP contribution in [0.25, 0.3) is 5.52 Å². The molecule has 6 nitrogen and oxygen atoms in total. The Morgan fingerprint density at radius 3 is 3.06 bits per heavy atom. The summed E-state index contributed by atoms with van der Waals surface area (Å²) in [6.45, 7) is 2.59. The number of aromatic nitrogens is 3. The van der Waals surface area contributed by atoms with Gasteiger partial charge in [0.25, 0.3) is 0 Å². The molecule has 0 aromatic carbocycles. The second-order valence-corrected chi connectivity index (χ2v) is 4.29. The molecule has 0 fully saturated rings. The first-order valence-electron chi connectivity index (χ1n) is 5.82. The molecule has 0 spiro atoms. The lowest BCUT2D eigenvalue weighted by Crippen LogP contribution is -2.21. The molecule has 0 atom stereocenters. The smallest absolute Gasteiger partial charge is 0.303 e. The van der Waals surface area contributed by atoms with E-state index >= 15 is 0 Å². The van der Waals surface area contributed by atoms with Gasteiger partial charge < -0.3 is 10.0 Å². The van der Waals surface area contributed by atoms with Gasteiger partial charge in [-0.15, -0.1) is 0 Å². The van der Waals surface area contributed by atoms with Crippen molar-refractivity contribution in [2.45, 2.75) is 19.8 Å². The van der Waals surface area contributed by atoms with E-state index in [4.69, 9.17) is 5.11 Å². The standard InChI is InChI=1S/C12H16N4O2/c1-9-8-10-12(13-5-7-16(10)14-9)15(2)6-3-4-11(17)18/h5,7-8H,3-4,6H2,1-2H3,(H,17,18). The number of aliphatic carboxylic acids is 1. The highest BCUT2D eigenvalue weighted by Crippen LogP contribution is 2.18. The lowest BCUT2D eigenvalue weighted by molar-refractivity contribution is -0.137. The SMILES string of the molecule is Cc1cc2c(N(C)CCCC(=O)O)nccn2n1. The lowest BCUT2D eigenvalue weighted by Gasteiger charge is -2.18. The van der Waals surface area contributed by atoms with E-state index in [1.807, 2.05) is 24.9 Å². The molecule has 6 heteroatoms. The molecule has 0 aliphatic carbocycles. The summed E-state index contributed by atoms with van der Waals surface area (Å²) >= 11 is 0. The van der Waals surface area contributed by atoms with Gasteiger partial charge in [-0.3, -0.25) is 4.79 Å². The van der Waals surface area contributed by atoms with Crippen LogP contribution in [0.4, 0.5) is 5.82 Å². The number of carbonyl (C=O) groups is 1. The van der Waals surface area contributed by atoms with Crippen molar-refractivity contribution in [2.75, 3.05) is 18.5 Å². The fourth-order valence-corrected chi connectivity index (χ4v) is 1.90. The van der Waals surface area contributed by atoms with E-state index in [2.05, 4.69) is 10.1 Å². The number of nitrogens with zero attached hydrogens (tertiary/aromatic N) is 4. The van der Waals surface area contributed by atoms with Crippen LogP contribution in [-0.2, 0) is 4.79 Å². The van der Waals surface area contributed by atoms with Crippen molar-refractivity contribution in [2.24, 2.45) is 0 Å². The van der Waals surface area contributed by atoms with Crippen molar-refractivity contribution in [3.05, 3.63) is 24.2 Å². The summed E-state index contributed by atoms with van der Waals surface area (Å²) in [5.41, 5.74) is 1.87. The zero-order chi connectivity index (χ0) is 13.1. The van der Waals surface area contributed by atoms with Crippen LogP contribution in [0.15, 0.2) is 18.5 Å². The third kappa shape index (κ3) is 2.58. The molecule has 1 N–H and O–H groups in total. The molecule has 2 aromatic heterocycles. The summed E-state index contributed by atoms with van der Waals surface area (Å²) in [5, 5.41) is 12.9. The van der Waals surface area contributed by atoms with E-state index in [1.54, 1.807) is 16.9 Å². The first-order valence-corrected chi connectivity index (χ1v) is 5.82. The van der Waals surface area contributed by atoms with Gasteiger partial charge in [0.15, 0.2) is 5.82 Å². The van der Waals surface area contributed by atoms with Crippen LogP contribution in [0, 0.1) is 6.92 Å². The van der Waals surface area contributed by atoms with E-state index < -0.39 is 5.97 Å². The van der Waals surface area contributed by atoms with Crippen LogP contribution < -0.4 is 4.90 Å². The lowest BCUT2D eigenvalue weighted by atomic mass is 10.3. The number of aryl methyl sites for hydroxylation is 1. The first kappa shape index (κ1) is 12.3. The van der Waals surface area contributed by atoms with Gasteiger partial charge in [0, 0.05) is 32.4 Å². The van der Waals surface area contributed by atoms with Crippen molar-refractivity contribution in [1.82, 2.24) is 14.6 Å². The average Bonchev–Trinajstić information content (AvgIpc) is 2.67. The molecular weight excluding hydrogens is 232 g/mol. The third-order valence-corrected chi connectivity index (χ3v) is 2.74. The van der Waals surface area contributed by atoms with E-state index in [0.717, 1.165) is 17.0 Å². The Bertz CT molecular complexity index is 564. The summed E-state index contributed by atoms with van der Waals surface area (Å²) in [6, 6.07) is 1.97. The molecule has 2 rings (SSSR count). The maximum atomic E-state index is 10.5. The minimum atomic E-state index is -0.769. The van der Waals surface area contributed by atoms with E-state index in [9.17, 15) is 4.79 Å². The van der Waals surface area contributed by atoms with Crippen molar-refractivity contribution < 1.29 is 9.90 Å². The van der Waals surface area contributed by atoms with Crippen molar-refractivity contribution in [1.29, 1.82) is 0 Å². The largest absolute Gasteiger partial charge is 0.481 e. The Labute approximate surface area is 105 Å². The highest BCUT2D eigenvalue weighted by atomic mass is 16.4. The number of hydrogen-bond acceptors (Lipinski definition) is 4. The Balaban J connectivity index is 2.16. The normalized spacial score (nSPS) is 10.8. The quantitative estimate of drug-likeness (QED) is 0.864. The van der Waals surface area contributed by atoms with Gasteiger partial charge >= 0.3 is 5.97 Å². The number of anilines is 1. The first-order chi connectivity index (χ1) is 8.58. The number of rotatable bonds is 5. The minimum Gasteiger partial charge on any atom is -0.481 e. The Kier molecular flexibility index (Phi) is 3.45. The van der Waals surface area contributed by atoms with Crippen LogP contribution in [0.3, 0.4) is 0 Å². The van der Waals surface area contributed by atoms with Gasteiger partial charge in [-0.2, -0.15) is 5.10 Å². The minimum absolute atomic E-state index is 0.172. The topological polar surface area (TPSA) is 70.7 Å². The van der Waals surface area contributed by atoms with Gasteiger partial charge in [0.05, 0.1) is 5.69 Å². The summed E-state index contributed by atoms with van der Waals surface area (Å²) in [7, 11) is 1.91. The van der Waals surface area contributed by atoms with Gasteiger partial charge in [0.1, 0.15) is 5.52 Å².